The Morgan fingerprint density at radius 2 is 2.00 bits per heavy atom. The van der Waals surface area contributed by atoms with Crippen LogP contribution in [-0.4, -0.2) is 48.6 Å². The molecule has 20 heavy (non-hydrogen) atoms. The topological polar surface area (TPSA) is 32.5 Å². The molecule has 1 heterocycles. The van der Waals surface area contributed by atoms with Crippen LogP contribution in [0.15, 0.2) is 24.3 Å². The number of likely N-dealkylation sites (N-methyl/N-ethyl adjacent to an activating group) is 1. The van der Waals surface area contributed by atoms with Crippen molar-refractivity contribution >= 4 is 0 Å². The summed E-state index contributed by atoms with van der Waals surface area (Å²) in [5.41, 5.74) is 8.84. The fourth-order valence-electron chi connectivity index (χ4n) is 3.52. The molecular formula is C17H29N3. The Hall–Kier alpha value is -0.900. The molecule has 3 heteroatoms. The highest BCUT2D eigenvalue weighted by molar-refractivity contribution is 5.29. The van der Waals surface area contributed by atoms with Gasteiger partial charge in [-0.25, -0.2) is 0 Å². The van der Waals surface area contributed by atoms with Crippen molar-refractivity contribution in [2.75, 3.05) is 32.7 Å². The molecule has 0 radical (unpaired) electrons. The number of nitrogens with two attached hydrogens (primary N) is 1. The first-order chi connectivity index (χ1) is 9.71. The molecule has 0 spiro atoms. The minimum Gasteiger partial charge on any atom is -0.329 e. The third-order valence-corrected chi connectivity index (χ3v) is 4.74. The molecule has 1 fully saturated rings. The van der Waals surface area contributed by atoms with Crippen LogP contribution in [0.5, 0.6) is 0 Å². The summed E-state index contributed by atoms with van der Waals surface area (Å²) in [4.78, 5) is 5.15. The second-order valence-electron chi connectivity index (χ2n) is 5.77. The van der Waals surface area contributed by atoms with Crippen molar-refractivity contribution < 1.29 is 0 Å². The van der Waals surface area contributed by atoms with Gasteiger partial charge in [0.2, 0.25) is 0 Å². The van der Waals surface area contributed by atoms with Crippen LogP contribution >= 0.6 is 0 Å². The van der Waals surface area contributed by atoms with E-state index < -0.39 is 0 Å². The Labute approximate surface area is 123 Å². The van der Waals surface area contributed by atoms with Crippen molar-refractivity contribution in [3.8, 4) is 0 Å². The van der Waals surface area contributed by atoms with Crippen LogP contribution in [0.1, 0.15) is 37.4 Å². The molecule has 1 aromatic carbocycles. The molecule has 0 bridgehead atoms. The zero-order valence-electron chi connectivity index (χ0n) is 13.2. The number of benzene rings is 1. The zero-order chi connectivity index (χ0) is 14.5. The molecule has 0 aromatic heterocycles. The Kier molecular flexibility index (Phi) is 5.58. The third kappa shape index (κ3) is 3.22. The number of hydrogen-bond donors (Lipinski definition) is 1. The average Bonchev–Trinajstić information content (AvgIpc) is 2.93. The maximum Gasteiger partial charge on any atom is 0.0473 e. The van der Waals surface area contributed by atoms with Crippen LogP contribution in [0.3, 0.4) is 0 Å². The van der Waals surface area contributed by atoms with Gasteiger partial charge in [-0.05, 0) is 37.6 Å². The SMILES string of the molecule is CCN(CC)C1CCN(C(CN)c2ccccc2C)C1. The van der Waals surface area contributed by atoms with Gasteiger partial charge in [-0.3, -0.25) is 9.80 Å². The van der Waals surface area contributed by atoms with Gasteiger partial charge in [0.05, 0.1) is 0 Å². The first-order valence-corrected chi connectivity index (χ1v) is 7.94. The number of likely N-dealkylation sites (tertiary alicyclic amines) is 1. The molecule has 2 N–H and O–H groups in total. The second kappa shape index (κ2) is 7.21. The molecule has 1 aromatic rings. The average molecular weight is 275 g/mol. The normalized spacial score (nSPS) is 21.6. The van der Waals surface area contributed by atoms with Crippen LogP contribution < -0.4 is 5.73 Å². The van der Waals surface area contributed by atoms with Crippen LogP contribution in [0.4, 0.5) is 0 Å². The van der Waals surface area contributed by atoms with Crippen LogP contribution in [0.2, 0.25) is 0 Å². The van der Waals surface area contributed by atoms with Crippen molar-refractivity contribution in [1.82, 2.24) is 9.80 Å². The maximum absolute atomic E-state index is 6.08. The molecular weight excluding hydrogens is 246 g/mol. The summed E-state index contributed by atoms with van der Waals surface area (Å²) in [5, 5.41) is 0. The lowest BCUT2D eigenvalue weighted by molar-refractivity contribution is 0.189. The lowest BCUT2D eigenvalue weighted by atomic mass is 10.0. The Bertz CT molecular complexity index is 414. The maximum atomic E-state index is 6.08. The number of hydrogen-bond acceptors (Lipinski definition) is 3. The van der Waals surface area contributed by atoms with Gasteiger partial charge in [-0.15, -0.1) is 0 Å². The summed E-state index contributed by atoms with van der Waals surface area (Å²) >= 11 is 0. The van der Waals surface area contributed by atoms with Gasteiger partial charge in [-0.1, -0.05) is 38.1 Å². The van der Waals surface area contributed by atoms with E-state index in [9.17, 15) is 0 Å². The summed E-state index contributed by atoms with van der Waals surface area (Å²) in [6.07, 6.45) is 1.27. The number of aryl methyl sites for hydroxylation is 1. The molecule has 1 saturated heterocycles. The summed E-state index contributed by atoms with van der Waals surface area (Å²) in [5.74, 6) is 0. The molecule has 1 aliphatic heterocycles. The lowest BCUT2D eigenvalue weighted by Crippen LogP contribution is -2.39. The summed E-state index contributed by atoms with van der Waals surface area (Å²) in [6.45, 7) is 12.0. The molecule has 1 aliphatic rings. The molecule has 2 unspecified atom stereocenters. The first-order valence-electron chi connectivity index (χ1n) is 7.94. The van der Waals surface area contributed by atoms with E-state index in [0.717, 1.165) is 26.2 Å². The van der Waals surface area contributed by atoms with Crippen molar-refractivity contribution in [1.29, 1.82) is 0 Å². The minimum atomic E-state index is 0.372. The van der Waals surface area contributed by atoms with Crippen LogP contribution in [0, 0.1) is 6.92 Å². The Morgan fingerprint density at radius 3 is 2.60 bits per heavy atom. The summed E-state index contributed by atoms with van der Waals surface area (Å²) in [7, 11) is 0. The first kappa shape index (κ1) is 15.5. The van der Waals surface area contributed by atoms with Crippen LogP contribution in [0.25, 0.3) is 0 Å². The predicted molar refractivity (Wildman–Crippen MR) is 85.9 cm³/mol. The highest BCUT2D eigenvalue weighted by Gasteiger charge is 2.31. The molecule has 3 nitrogen and oxygen atoms in total. The van der Waals surface area contributed by atoms with E-state index in [-0.39, 0.29) is 0 Å². The zero-order valence-corrected chi connectivity index (χ0v) is 13.2. The van der Waals surface area contributed by atoms with Gasteiger partial charge in [0.15, 0.2) is 0 Å². The van der Waals surface area contributed by atoms with Gasteiger partial charge in [0.1, 0.15) is 0 Å². The fourth-order valence-corrected chi connectivity index (χ4v) is 3.52. The fraction of sp³-hybridized carbons (Fsp3) is 0.647. The largest absolute Gasteiger partial charge is 0.329 e. The van der Waals surface area contributed by atoms with E-state index >= 15 is 0 Å². The van der Waals surface area contributed by atoms with E-state index in [1.807, 2.05) is 0 Å². The van der Waals surface area contributed by atoms with E-state index in [0.29, 0.717) is 18.6 Å². The molecule has 0 amide bonds. The van der Waals surface area contributed by atoms with Gasteiger partial charge in [0.25, 0.3) is 0 Å². The second-order valence-corrected chi connectivity index (χ2v) is 5.77. The van der Waals surface area contributed by atoms with E-state index in [4.69, 9.17) is 5.73 Å². The third-order valence-electron chi connectivity index (χ3n) is 4.74. The monoisotopic (exact) mass is 275 g/mol. The standard InChI is InChI=1S/C17H29N3/c1-4-19(5-2)15-10-11-20(13-15)17(12-18)16-9-7-6-8-14(16)3/h6-9,15,17H,4-5,10-13,18H2,1-3H3. The minimum absolute atomic E-state index is 0.372. The Balaban J connectivity index is 2.09. The highest BCUT2D eigenvalue weighted by Crippen LogP contribution is 2.28. The predicted octanol–water partition coefficient (Wildman–Crippen LogP) is 2.41. The van der Waals surface area contributed by atoms with Crippen molar-refractivity contribution in [2.45, 2.75) is 39.3 Å². The Morgan fingerprint density at radius 1 is 1.30 bits per heavy atom. The van der Waals surface area contributed by atoms with Gasteiger partial charge < -0.3 is 5.73 Å². The quantitative estimate of drug-likeness (QED) is 0.865. The van der Waals surface area contributed by atoms with E-state index in [2.05, 4.69) is 54.8 Å². The summed E-state index contributed by atoms with van der Waals surface area (Å²) < 4.78 is 0. The number of rotatable bonds is 6. The molecule has 2 rings (SSSR count). The van der Waals surface area contributed by atoms with Crippen LogP contribution in [-0.2, 0) is 0 Å². The van der Waals surface area contributed by atoms with Crippen molar-refractivity contribution in [3.05, 3.63) is 35.4 Å². The molecule has 2 atom stereocenters. The van der Waals surface area contributed by atoms with E-state index in [1.54, 1.807) is 0 Å². The lowest BCUT2D eigenvalue weighted by Gasteiger charge is -2.30. The number of nitrogens with zero attached hydrogens (tertiary/aromatic N) is 2. The molecule has 0 aliphatic carbocycles. The van der Waals surface area contributed by atoms with Crippen molar-refractivity contribution in [2.24, 2.45) is 5.73 Å². The molecule has 0 saturated carbocycles. The summed E-state index contributed by atoms with van der Waals surface area (Å²) in [6, 6.07) is 9.73. The van der Waals surface area contributed by atoms with Crippen molar-refractivity contribution in [3.63, 3.8) is 0 Å². The highest BCUT2D eigenvalue weighted by atomic mass is 15.3. The van der Waals surface area contributed by atoms with Gasteiger partial charge in [-0.2, -0.15) is 0 Å². The van der Waals surface area contributed by atoms with Gasteiger partial charge in [0, 0.05) is 31.7 Å². The van der Waals surface area contributed by atoms with Gasteiger partial charge >= 0.3 is 0 Å². The molecule has 112 valence electrons. The smallest absolute Gasteiger partial charge is 0.0473 e. The van der Waals surface area contributed by atoms with E-state index in [1.165, 1.54) is 17.5 Å².